The highest BCUT2D eigenvalue weighted by atomic mass is 35.5. The number of hydrogen-bond acceptors (Lipinski definition) is 3. The quantitative estimate of drug-likeness (QED) is 0.635. The molecule has 3 aromatic rings. The number of aromatic nitrogens is 1. The first-order valence-corrected chi connectivity index (χ1v) is 8.74. The van der Waals surface area contributed by atoms with Crippen LogP contribution in [0.5, 0.6) is 0 Å². The number of halogens is 2. The Balaban J connectivity index is 1.80. The Hall–Kier alpha value is -2.69. The van der Waals surface area contributed by atoms with Crippen molar-refractivity contribution in [1.29, 1.82) is 0 Å². The second kappa shape index (κ2) is 6.90. The first-order valence-electron chi connectivity index (χ1n) is 7.98. The summed E-state index contributed by atoms with van der Waals surface area (Å²) in [5.74, 6) is -0.149. The molecule has 2 heterocycles. The van der Waals surface area contributed by atoms with Crippen LogP contribution in [0.3, 0.4) is 0 Å². The molecule has 0 saturated carbocycles. The van der Waals surface area contributed by atoms with E-state index in [4.69, 9.17) is 23.2 Å². The van der Waals surface area contributed by atoms with Crippen LogP contribution in [0.4, 0.5) is 11.4 Å². The minimum absolute atomic E-state index is 0.149. The summed E-state index contributed by atoms with van der Waals surface area (Å²) in [4.78, 5) is 21.3. The number of rotatable bonds is 2. The summed E-state index contributed by atoms with van der Waals surface area (Å²) < 4.78 is 0. The molecule has 26 heavy (non-hydrogen) atoms. The highest BCUT2D eigenvalue weighted by Gasteiger charge is 2.19. The Kier molecular flexibility index (Phi) is 4.45. The smallest absolute Gasteiger partial charge is 0.230 e. The summed E-state index contributed by atoms with van der Waals surface area (Å²) in [5.41, 5.74) is 4.50. The molecule has 2 aromatic carbocycles. The van der Waals surface area contributed by atoms with Crippen LogP contribution in [-0.2, 0) is 4.79 Å². The van der Waals surface area contributed by atoms with Crippen molar-refractivity contribution in [3.63, 3.8) is 0 Å². The maximum Gasteiger partial charge on any atom is 0.230 e. The zero-order valence-electron chi connectivity index (χ0n) is 13.5. The number of carbonyl (C=O) groups excluding carboxylic acids is 1. The zero-order valence-corrected chi connectivity index (χ0v) is 15.1. The number of carbonyl (C=O) groups is 1. The Morgan fingerprint density at radius 2 is 1.73 bits per heavy atom. The van der Waals surface area contributed by atoms with Crippen LogP contribution >= 0.6 is 23.2 Å². The molecule has 0 unspecified atom stereocenters. The zero-order chi connectivity index (χ0) is 18.1. The van der Waals surface area contributed by atoms with Crippen LogP contribution in [0, 0.1) is 0 Å². The number of amides is 1. The van der Waals surface area contributed by atoms with E-state index in [9.17, 15) is 4.79 Å². The second-order valence-electron chi connectivity index (χ2n) is 5.86. The van der Waals surface area contributed by atoms with Gasteiger partial charge in [-0.1, -0.05) is 47.5 Å². The van der Waals surface area contributed by atoms with Gasteiger partial charge in [0.2, 0.25) is 5.91 Å². The Morgan fingerprint density at radius 3 is 2.54 bits per heavy atom. The van der Waals surface area contributed by atoms with E-state index in [-0.39, 0.29) is 12.3 Å². The van der Waals surface area contributed by atoms with Gasteiger partial charge in [-0.15, -0.1) is 0 Å². The van der Waals surface area contributed by atoms with Crippen molar-refractivity contribution in [2.24, 2.45) is 4.99 Å². The predicted molar refractivity (Wildman–Crippen MR) is 106 cm³/mol. The van der Waals surface area contributed by atoms with Gasteiger partial charge >= 0.3 is 0 Å². The molecule has 0 atom stereocenters. The first-order chi connectivity index (χ1) is 12.6. The van der Waals surface area contributed by atoms with Gasteiger partial charge < -0.3 is 5.32 Å². The fourth-order valence-corrected chi connectivity index (χ4v) is 3.14. The minimum atomic E-state index is -0.149. The highest BCUT2D eigenvalue weighted by molar-refractivity contribution is 6.42. The Labute approximate surface area is 160 Å². The summed E-state index contributed by atoms with van der Waals surface area (Å²) in [5, 5.41) is 3.60. The third-order valence-electron chi connectivity index (χ3n) is 4.05. The van der Waals surface area contributed by atoms with Gasteiger partial charge in [-0.2, -0.15) is 0 Å². The van der Waals surface area contributed by atoms with Gasteiger partial charge in [0.15, 0.2) is 0 Å². The van der Waals surface area contributed by atoms with E-state index in [1.807, 2.05) is 42.5 Å². The molecule has 1 aliphatic rings. The van der Waals surface area contributed by atoms with E-state index in [0.29, 0.717) is 27.1 Å². The topological polar surface area (TPSA) is 54.4 Å². The van der Waals surface area contributed by atoms with Gasteiger partial charge in [0.1, 0.15) is 0 Å². The van der Waals surface area contributed by atoms with Gasteiger partial charge in [-0.05, 0) is 35.9 Å². The van der Waals surface area contributed by atoms with Crippen LogP contribution in [0.25, 0.3) is 11.3 Å². The molecule has 1 aliphatic heterocycles. The number of aliphatic imine (C=N–C) groups is 1. The van der Waals surface area contributed by atoms with Crippen molar-refractivity contribution in [3.05, 3.63) is 76.4 Å². The van der Waals surface area contributed by atoms with Crippen LogP contribution in [0.15, 0.2) is 65.8 Å². The average molecular weight is 382 g/mol. The summed E-state index contributed by atoms with van der Waals surface area (Å²) >= 11 is 12.2. The molecule has 4 rings (SSSR count). The maximum absolute atomic E-state index is 12.3. The fraction of sp³-hybridized carbons (Fsp3) is 0.0500. The normalized spacial score (nSPS) is 13.5. The van der Waals surface area contributed by atoms with Crippen LogP contribution < -0.4 is 5.32 Å². The molecular weight excluding hydrogens is 369 g/mol. The lowest BCUT2D eigenvalue weighted by molar-refractivity contribution is -0.115. The summed E-state index contributed by atoms with van der Waals surface area (Å²) in [7, 11) is 0. The van der Waals surface area contributed by atoms with Crippen molar-refractivity contribution in [3.8, 4) is 11.3 Å². The molecule has 0 fully saturated rings. The monoisotopic (exact) mass is 381 g/mol. The van der Waals surface area contributed by atoms with E-state index in [1.54, 1.807) is 18.3 Å². The SMILES string of the molecule is O=C1CC(c2cccc(-c3ccccn3)c2)=Nc2cc(Cl)c(Cl)cc2N1. The van der Waals surface area contributed by atoms with Crippen LogP contribution in [0.2, 0.25) is 10.0 Å². The van der Waals surface area contributed by atoms with Gasteiger partial charge in [0, 0.05) is 11.8 Å². The number of benzene rings is 2. The molecule has 4 nitrogen and oxygen atoms in total. The lowest BCUT2D eigenvalue weighted by Gasteiger charge is -2.07. The van der Waals surface area contributed by atoms with Crippen molar-refractivity contribution < 1.29 is 4.79 Å². The minimum Gasteiger partial charge on any atom is -0.324 e. The number of anilines is 1. The largest absolute Gasteiger partial charge is 0.324 e. The highest BCUT2D eigenvalue weighted by Crippen LogP contribution is 2.36. The fourth-order valence-electron chi connectivity index (χ4n) is 2.82. The van der Waals surface area contributed by atoms with Crippen molar-refractivity contribution in [2.75, 3.05) is 5.32 Å². The lowest BCUT2D eigenvalue weighted by Crippen LogP contribution is -2.15. The average Bonchev–Trinajstić information content (AvgIpc) is 2.81. The molecule has 0 spiro atoms. The van der Waals surface area contributed by atoms with Crippen molar-refractivity contribution in [1.82, 2.24) is 4.98 Å². The van der Waals surface area contributed by atoms with Crippen LogP contribution in [0.1, 0.15) is 12.0 Å². The van der Waals surface area contributed by atoms with Gasteiger partial charge in [-0.3, -0.25) is 14.8 Å². The number of pyridine rings is 1. The van der Waals surface area contributed by atoms with E-state index in [2.05, 4.69) is 15.3 Å². The Morgan fingerprint density at radius 1 is 0.923 bits per heavy atom. The van der Waals surface area contributed by atoms with E-state index in [1.165, 1.54) is 0 Å². The lowest BCUT2D eigenvalue weighted by atomic mass is 10.0. The molecule has 1 amide bonds. The number of nitrogens with zero attached hydrogens (tertiary/aromatic N) is 2. The van der Waals surface area contributed by atoms with Crippen LogP contribution in [-0.4, -0.2) is 16.6 Å². The number of hydrogen-bond donors (Lipinski definition) is 1. The molecule has 0 aliphatic carbocycles. The third kappa shape index (κ3) is 3.34. The molecule has 6 heteroatoms. The van der Waals surface area contributed by atoms with E-state index < -0.39 is 0 Å². The molecule has 0 radical (unpaired) electrons. The number of fused-ring (bicyclic) bond motifs is 1. The van der Waals surface area contributed by atoms with Gasteiger partial charge in [-0.25, -0.2) is 0 Å². The van der Waals surface area contributed by atoms with Crippen molar-refractivity contribution >= 4 is 46.2 Å². The van der Waals surface area contributed by atoms with Crippen molar-refractivity contribution in [2.45, 2.75) is 6.42 Å². The van der Waals surface area contributed by atoms with Gasteiger partial charge in [0.05, 0.1) is 39.2 Å². The molecule has 1 aromatic heterocycles. The third-order valence-corrected chi connectivity index (χ3v) is 4.77. The molecule has 0 saturated heterocycles. The summed E-state index contributed by atoms with van der Waals surface area (Å²) in [6, 6.07) is 16.9. The number of nitrogens with one attached hydrogen (secondary N) is 1. The summed E-state index contributed by atoms with van der Waals surface area (Å²) in [6.07, 6.45) is 1.91. The molecular formula is C20H13Cl2N3O. The molecule has 1 N–H and O–H groups in total. The molecule has 0 bridgehead atoms. The second-order valence-corrected chi connectivity index (χ2v) is 6.68. The molecule has 128 valence electrons. The summed E-state index contributed by atoms with van der Waals surface area (Å²) in [6.45, 7) is 0. The Bertz CT molecular complexity index is 1030. The maximum atomic E-state index is 12.3. The standard InChI is InChI=1S/C20H13Cl2N3O/c21-14-9-18-19(10-15(14)22)25-20(26)11-17(24-18)13-5-3-4-12(8-13)16-6-1-2-7-23-16/h1-10H,11H2,(H,25,26). The predicted octanol–water partition coefficient (Wildman–Crippen LogP) is 5.52. The first kappa shape index (κ1) is 16.8. The van der Waals surface area contributed by atoms with E-state index in [0.717, 1.165) is 16.8 Å². The van der Waals surface area contributed by atoms with Gasteiger partial charge in [0.25, 0.3) is 0 Å². The van der Waals surface area contributed by atoms with E-state index >= 15 is 0 Å².